The summed E-state index contributed by atoms with van der Waals surface area (Å²) in [5, 5.41) is 0. The fraction of sp³-hybridized carbons (Fsp3) is 1.00. The summed E-state index contributed by atoms with van der Waals surface area (Å²) in [6.07, 6.45) is 9.87. The van der Waals surface area contributed by atoms with Gasteiger partial charge >= 0.3 is 31.1 Å². The lowest BCUT2D eigenvalue weighted by Crippen LogP contribution is -2.45. The van der Waals surface area contributed by atoms with Crippen molar-refractivity contribution in [1.29, 1.82) is 0 Å². The van der Waals surface area contributed by atoms with Crippen molar-refractivity contribution in [3.63, 3.8) is 0 Å². The van der Waals surface area contributed by atoms with Gasteiger partial charge in [0, 0.05) is 6.04 Å². The van der Waals surface area contributed by atoms with E-state index in [1.165, 1.54) is 58.0 Å². The van der Waals surface area contributed by atoms with E-state index >= 15 is 0 Å². The lowest BCUT2D eigenvalue weighted by molar-refractivity contribution is -0.0476. The highest BCUT2D eigenvalue weighted by Crippen LogP contribution is 2.27. The van der Waals surface area contributed by atoms with Crippen molar-refractivity contribution in [2.45, 2.75) is 75.9 Å². The van der Waals surface area contributed by atoms with Gasteiger partial charge in [0.1, 0.15) is 0 Å². The number of unbranched alkanes of at least 4 members (excludes halogenated alkanes) is 2. The van der Waals surface area contributed by atoms with Crippen LogP contribution in [0.15, 0.2) is 0 Å². The number of likely N-dealkylation sites (tertiary alicyclic amines) is 1. The lowest BCUT2D eigenvalue weighted by Gasteiger charge is -2.23. The third-order valence-electron chi connectivity index (χ3n) is 4.02. The van der Waals surface area contributed by atoms with E-state index in [-0.39, 0.29) is 0 Å². The van der Waals surface area contributed by atoms with Gasteiger partial charge in [0.25, 0.3) is 0 Å². The molecule has 1 fully saturated rings. The zero-order valence-electron chi connectivity index (χ0n) is 15.6. The summed E-state index contributed by atoms with van der Waals surface area (Å²) in [6.45, 7) is 7.31. The van der Waals surface area contributed by atoms with Gasteiger partial charge in [-0.25, -0.2) is 16.8 Å². The van der Waals surface area contributed by atoms with Crippen molar-refractivity contribution >= 4 is 20.0 Å². The Kier molecular flexibility index (Phi) is 10.7. The van der Waals surface area contributed by atoms with Gasteiger partial charge in [-0.1, -0.05) is 37.2 Å². The predicted octanol–water partition coefficient (Wildman–Crippen LogP) is 3.72. The molecule has 1 unspecified atom stereocenters. The molecule has 0 radical (unpaired) electrons. The zero-order valence-corrected chi connectivity index (χ0v) is 17.2. The minimum atomic E-state index is -6.60. The smallest absolute Gasteiger partial charge is 0.300 e. The Morgan fingerprint density at radius 2 is 1.36 bits per heavy atom. The molecule has 0 aromatic heterocycles. The van der Waals surface area contributed by atoms with Crippen LogP contribution in [0.5, 0.6) is 0 Å². The first kappa shape index (κ1) is 27.4. The average molecular weight is 464 g/mol. The summed E-state index contributed by atoms with van der Waals surface area (Å²) in [7, 11) is -13.2. The van der Waals surface area contributed by atoms with Crippen molar-refractivity contribution in [3.05, 3.63) is 0 Å². The van der Waals surface area contributed by atoms with Gasteiger partial charge in [-0.05, 0) is 38.8 Å². The number of nitrogens with one attached hydrogen (secondary N) is 1. The molecule has 0 amide bonds. The van der Waals surface area contributed by atoms with Crippen LogP contribution in [-0.4, -0.2) is 51.9 Å². The number of alkyl halides is 6. The summed E-state index contributed by atoms with van der Waals surface area (Å²) < 4.78 is 108. The lowest BCUT2D eigenvalue weighted by atomic mass is 10.1. The number of rotatable bonds is 8. The van der Waals surface area contributed by atoms with Crippen molar-refractivity contribution in [2.24, 2.45) is 0 Å². The predicted molar refractivity (Wildman–Crippen MR) is 92.1 cm³/mol. The Hall–Kier alpha value is -0.600. The largest absolute Gasteiger partial charge is 0.512 e. The van der Waals surface area contributed by atoms with E-state index in [1.54, 1.807) is 0 Å². The number of sulfonamides is 2. The van der Waals surface area contributed by atoms with Crippen molar-refractivity contribution in [3.8, 4) is 0 Å². The van der Waals surface area contributed by atoms with Crippen LogP contribution in [0.1, 0.15) is 58.8 Å². The van der Waals surface area contributed by atoms with Crippen LogP contribution in [0.25, 0.3) is 0 Å². The number of halogens is 6. The first-order valence-corrected chi connectivity index (χ1v) is 11.7. The maximum absolute atomic E-state index is 11.5. The molecule has 1 rings (SSSR count). The SMILES string of the molecule is CCCCC1CCCN1CCCC.O=S(=O)(NS(=O)(=O)C(F)(F)F)C(F)(F)F. The molecule has 6 nitrogen and oxygen atoms in total. The van der Waals surface area contributed by atoms with Gasteiger partial charge < -0.3 is 4.90 Å². The van der Waals surface area contributed by atoms with E-state index in [0.717, 1.165) is 6.04 Å². The maximum Gasteiger partial charge on any atom is 0.512 e. The first-order chi connectivity index (χ1) is 12.6. The normalized spacial score (nSPS) is 19.4. The van der Waals surface area contributed by atoms with Gasteiger partial charge in [-0.15, -0.1) is 0 Å². The van der Waals surface area contributed by atoms with Crippen LogP contribution in [-0.2, 0) is 20.0 Å². The Morgan fingerprint density at radius 1 is 0.893 bits per heavy atom. The highest BCUT2D eigenvalue weighted by molar-refractivity contribution is 8.05. The highest BCUT2D eigenvalue weighted by atomic mass is 32.3. The summed E-state index contributed by atoms with van der Waals surface area (Å²) in [5.41, 5.74) is -12.3. The fourth-order valence-corrected chi connectivity index (χ4v) is 4.47. The molecule has 0 aliphatic carbocycles. The standard InChI is InChI=1S/C12H25N.C2HF6NO4S2/c1-3-5-8-12-9-7-11-13(12)10-6-4-2;3-1(4,5)14(10,11)9-15(12,13)2(6,7)8/h12H,3-11H2,1-2H3;9H. The molecular formula is C14H26F6N2O4S2. The highest BCUT2D eigenvalue weighted by Gasteiger charge is 2.55. The van der Waals surface area contributed by atoms with E-state index < -0.39 is 35.2 Å². The molecule has 1 aliphatic heterocycles. The molecule has 0 spiro atoms. The Morgan fingerprint density at radius 3 is 1.75 bits per heavy atom. The minimum Gasteiger partial charge on any atom is -0.300 e. The molecular weight excluding hydrogens is 438 g/mol. The summed E-state index contributed by atoms with van der Waals surface area (Å²) in [5.74, 6) is 0. The Balaban J connectivity index is 0.000000525. The van der Waals surface area contributed by atoms with E-state index in [0.29, 0.717) is 0 Å². The summed E-state index contributed by atoms with van der Waals surface area (Å²) in [6, 6.07) is 0.937. The van der Waals surface area contributed by atoms with Gasteiger partial charge in [0.2, 0.25) is 0 Å². The molecule has 1 N–H and O–H groups in total. The molecule has 0 aromatic rings. The molecule has 1 saturated heterocycles. The molecule has 1 atom stereocenters. The van der Waals surface area contributed by atoms with E-state index in [9.17, 15) is 43.2 Å². The molecule has 170 valence electrons. The van der Waals surface area contributed by atoms with Crippen LogP contribution in [0.3, 0.4) is 0 Å². The van der Waals surface area contributed by atoms with Crippen LogP contribution < -0.4 is 4.13 Å². The first-order valence-electron chi connectivity index (χ1n) is 8.74. The number of hydrogen-bond donors (Lipinski definition) is 1. The average Bonchev–Trinajstić information content (AvgIpc) is 2.95. The van der Waals surface area contributed by atoms with Crippen molar-refractivity contribution in [1.82, 2.24) is 9.03 Å². The topological polar surface area (TPSA) is 83.6 Å². The molecule has 0 bridgehead atoms. The van der Waals surface area contributed by atoms with Crippen molar-refractivity contribution in [2.75, 3.05) is 13.1 Å². The maximum atomic E-state index is 11.5. The monoisotopic (exact) mass is 464 g/mol. The summed E-state index contributed by atoms with van der Waals surface area (Å²) >= 11 is 0. The Labute approximate surface area is 161 Å². The van der Waals surface area contributed by atoms with E-state index in [4.69, 9.17) is 0 Å². The van der Waals surface area contributed by atoms with Crippen LogP contribution in [0.2, 0.25) is 0 Å². The van der Waals surface area contributed by atoms with Crippen molar-refractivity contribution < 1.29 is 43.2 Å². The third-order valence-corrected chi connectivity index (χ3v) is 6.99. The zero-order chi connectivity index (χ0) is 22.2. The molecule has 28 heavy (non-hydrogen) atoms. The third kappa shape index (κ3) is 8.82. The van der Waals surface area contributed by atoms with Crippen LogP contribution >= 0.6 is 0 Å². The Bertz CT molecular complexity index is 606. The second-order valence-corrected chi connectivity index (χ2v) is 9.92. The minimum absolute atomic E-state index is 0.493. The molecule has 14 heteroatoms. The second kappa shape index (κ2) is 11.0. The van der Waals surface area contributed by atoms with E-state index in [2.05, 4.69) is 18.7 Å². The molecule has 0 saturated carbocycles. The molecule has 1 aliphatic rings. The van der Waals surface area contributed by atoms with E-state index in [1.807, 2.05) is 0 Å². The van der Waals surface area contributed by atoms with Gasteiger partial charge in [-0.3, -0.25) is 0 Å². The van der Waals surface area contributed by atoms with Gasteiger partial charge in [0.05, 0.1) is 0 Å². The quantitative estimate of drug-likeness (QED) is 0.554. The summed E-state index contributed by atoms with van der Waals surface area (Å²) in [4.78, 5) is 2.72. The fourth-order valence-electron chi connectivity index (χ4n) is 2.56. The molecule has 0 aromatic carbocycles. The van der Waals surface area contributed by atoms with Gasteiger partial charge in [-0.2, -0.15) is 26.3 Å². The molecule has 1 heterocycles. The van der Waals surface area contributed by atoms with Crippen LogP contribution in [0.4, 0.5) is 26.3 Å². The number of hydrogen-bond acceptors (Lipinski definition) is 5. The van der Waals surface area contributed by atoms with Gasteiger partial charge in [0.15, 0.2) is 0 Å². The second-order valence-electron chi connectivity index (χ2n) is 6.31. The van der Waals surface area contributed by atoms with Crippen LogP contribution in [0, 0.1) is 0 Å². The number of nitrogens with zero attached hydrogens (tertiary/aromatic N) is 1.